The van der Waals surface area contributed by atoms with Crippen LogP contribution >= 0.6 is 0 Å². The SMILES string of the molecule is Cc1cccc(N(C2=CC(C)CC=C2)c2ccc(-c3ccc(N(c4cccc(C)c4)c4cccc(C)c4)cc3C)c(C)c2)c1. The van der Waals surface area contributed by atoms with Gasteiger partial charge in [-0.2, -0.15) is 0 Å². The molecule has 0 bridgehead atoms. The molecule has 5 aromatic carbocycles. The van der Waals surface area contributed by atoms with E-state index in [1.807, 2.05) is 0 Å². The number of aryl methyl sites for hydroxylation is 5. The maximum absolute atomic E-state index is 2.40. The first-order chi connectivity index (χ1) is 21.3. The summed E-state index contributed by atoms with van der Waals surface area (Å²) in [6, 6.07) is 40.1. The van der Waals surface area contributed by atoms with E-state index < -0.39 is 0 Å². The van der Waals surface area contributed by atoms with Crippen molar-refractivity contribution in [3.63, 3.8) is 0 Å². The van der Waals surface area contributed by atoms with Crippen LogP contribution in [0.4, 0.5) is 28.4 Å². The van der Waals surface area contributed by atoms with E-state index in [9.17, 15) is 0 Å². The quantitative estimate of drug-likeness (QED) is 0.191. The second kappa shape index (κ2) is 12.4. The van der Waals surface area contributed by atoms with Crippen molar-refractivity contribution in [2.75, 3.05) is 9.80 Å². The van der Waals surface area contributed by atoms with Gasteiger partial charge in [0.2, 0.25) is 0 Å². The van der Waals surface area contributed by atoms with Gasteiger partial charge in [0.05, 0.1) is 0 Å². The third-order valence-electron chi connectivity index (χ3n) is 8.52. The van der Waals surface area contributed by atoms with Crippen LogP contribution in [0.2, 0.25) is 0 Å². The number of nitrogens with zero attached hydrogens (tertiary/aromatic N) is 2. The van der Waals surface area contributed by atoms with Crippen molar-refractivity contribution in [3.05, 3.63) is 161 Å². The number of rotatable bonds is 7. The second-order valence-corrected chi connectivity index (χ2v) is 12.4. The summed E-state index contributed by atoms with van der Waals surface area (Å²) in [6.07, 6.45) is 8.04. The van der Waals surface area contributed by atoms with Gasteiger partial charge in [-0.1, -0.05) is 67.6 Å². The van der Waals surface area contributed by atoms with Gasteiger partial charge in [-0.3, -0.25) is 0 Å². The normalized spacial score (nSPS) is 14.3. The van der Waals surface area contributed by atoms with Crippen LogP contribution < -0.4 is 9.80 Å². The summed E-state index contributed by atoms with van der Waals surface area (Å²) in [6.45, 7) is 13.2. The Morgan fingerprint density at radius 3 is 1.36 bits per heavy atom. The lowest BCUT2D eigenvalue weighted by atomic mass is 9.94. The molecule has 0 fully saturated rings. The molecule has 220 valence electrons. The Kier molecular flexibility index (Phi) is 8.26. The van der Waals surface area contributed by atoms with Crippen LogP contribution in [0.5, 0.6) is 0 Å². The van der Waals surface area contributed by atoms with Gasteiger partial charge in [0.25, 0.3) is 0 Å². The van der Waals surface area contributed by atoms with E-state index in [4.69, 9.17) is 0 Å². The summed E-state index contributed by atoms with van der Waals surface area (Å²) >= 11 is 0. The molecule has 1 unspecified atom stereocenters. The van der Waals surface area contributed by atoms with E-state index in [1.165, 1.54) is 67.4 Å². The summed E-state index contributed by atoms with van der Waals surface area (Å²) in [5.41, 5.74) is 15.9. The Morgan fingerprint density at radius 2 is 0.932 bits per heavy atom. The summed E-state index contributed by atoms with van der Waals surface area (Å²) in [5.74, 6) is 0.517. The maximum atomic E-state index is 2.40. The first-order valence-corrected chi connectivity index (χ1v) is 15.7. The van der Waals surface area contributed by atoms with Crippen molar-refractivity contribution < 1.29 is 0 Å². The summed E-state index contributed by atoms with van der Waals surface area (Å²) in [4.78, 5) is 4.76. The van der Waals surface area contributed by atoms with E-state index in [2.05, 4.69) is 179 Å². The Bertz CT molecular complexity index is 1830. The highest BCUT2D eigenvalue weighted by molar-refractivity contribution is 5.82. The molecule has 1 atom stereocenters. The Labute approximate surface area is 263 Å². The van der Waals surface area contributed by atoms with Crippen LogP contribution in [0.1, 0.15) is 41.2 Å². The monoisotopic (exact) mass is 574 g/mol. The molecular formula is C42H42N2. The van der Waals surface area contributed by atoms with Crippen molar-refractivity contribution >= 4 is 28.4 Å². The van der Waals surface area contributed by atoms with Crippen molar-refractivity contribution in [1.29, 1.82) is 0 Å². The highest BCUT2D eigenvalue weighted by Crippen LogP contribution is 2.40. The number of allylic oxidation sites excluding steroid dienone is 3. The van der Waals surface area contributed by atoms with Gasteiger partial charge in [-0.15, -0.1) is 0 Å². The van der Waals surface area contributed by atoms with E-state index in [0.29, 0.717) is 5.92 Å². The minimum Gasteiger partial charge on any atom is -0.311 e. The van der Waals surface area contributed by atoms with Crippen LogP contribution in [0, 0.1) is 40.5 Å². The molecule has 5 aromatic rings. The van der Waals surface area contributed by atoms with Gasteiger partial charge in [0.1, 0.15) is 0 Å². The third-order valence-corrected chi connectivity index (χ3v) is 8.52. The molecule has 0 aliphatic heterocycles. The molecule has 2 heteroatoms. The number of hydrogen-bond donors (Lipinski definition) is 0. The minimum atomic E-state index is 0.517. The van der Waals surface area contributed by atoms with Gasteiger partial charge < -0.3 is 9.80 Å². The molecule has 0 amide bonds. The van der Waals surface area contributed by atoms with Crippen LogP contribution in [0.3, 0.4) is 0 Å². The smallest absolute Gasteiger partial charge is 0.0464 e. The summed E-state index contributed by atoms with van der Waals surface area (Å²) < 4.78 is 0. The topological polar surface area (TPSA) is 6.48 Å². The Morgan fingerprint density at radius 1 is 0.500 bits per heavy atom. The predicted octanol–water partition coefficient (Wildman–Crippen LogP) is 12.0. The van der Waals surface area contributed by atoms with Gasteiger partial charge in [-0.25, -0.2) is 0 Å². The van der Waals surface area contributed by atoms with Gasteiger partial charge >= 0.3 is 0 Å². The zero-order valence-corrected chi connectivity index (χ0v) is 26.8. The average molecular weight is 575 g/mol. The lowest BCUT2D eigenvalue weighted by Gasteiger charge is -2.30. The molecule has 44 heavy (non-hydrogen) atoms. The lowest BCUT2D eigenvalue weighted by molar-refractivity contribution is 0.726. The minimum absolute atomic E-state index is 0.517. The zero-order valence-electron chi connectivity index (χ0n) is 26.8. The van der Waals surface area contributed by atoms with Gasteiger partial charge in [0, 0.05) is 34.1 Å². The molecule has 0 saturated heterocycles. The fourth-order valence-corrected chi connectivity index (χ4v) is 6.34. The van der Waals surface area contributed by atoms with E-state index in [0.717, 1.165) is 12.1 Å². The predicted molar refractivity (Wildman–Crippen MR) is 190 cm³/mol. The lowest BCUT2D eigenvalue weighted by Crippen LogP contribution is -2.18. The molecular weight excluding hydrogens is 532 g/mol. The number of benzene rings is 5. The van der Waals surface area contributed by atoms with E-state index in [1.54, 1.807) is 0 Å². The molecule has 0 saturated carbocycles. The fourth-order valence-electron chi connectivity index (χ4n) is 6.34. The summed E-state index contributed by atoms with van der Waals surface area (Å²) in [5, 5.41) is 0. The molecule has 0 N–H and O–H groups in total. The molecule has 1 aliphatic carbocycles. The zero-order chi connectivity index (χ0) is 30.8. The van der Waals surface area contributed by atoms with Crippen molar-refractivity contribution in [1.82, 2.24) is 0 Å². The molecule has 0 radical (unpaired) electrons. The number of anilines is 5. The highest BCUT2D eigenvalue weighted by Gasteiger charge is 2.19. The standard InChI is InChI=1S/C42H42N2/c1-29-11-7-15-35(23-29)43(36-16-8-12-30(2)24-36)39-19-21-41(33(5)27-39)42-22-20-40(28-34(42)6)44(37-17-9-13-31(3)25-37)38-18-10-14-32(4)26-38/h7-13,15-28,32H,14H2,1-6H3. The Hall–Kier alpha value is -4.82. The molecule has 0 aromatic heterocycles. The fraction of sp³-hybridized carbons (Fsp3) is 0.190. The van der Waals surface area contributed by atoms with Crippen molar-refractivity contribution in [3.8, 4) is 11.1 Å². The summed E-state index contributed by atoms with van der Waals surface area (Å²) in [7, 11) is 0. The molecule has 0 heterocycles. The van der Waals surface area contributed by atoms with Gasteiger partial charge in [0.15, 0.2) is 0 Å². The first kappa shape index (κ1) is 29.3. The first-order valence-electron chi connectivity index (χ1n) is 15.7. The van der Waals surface area contributed by atoms with E-state index in [-0.39, 0.29) is 0 Å². The molecule has 0 spiro atoms. The maximum Gasteiger partial charge on any atom is 0.0464 e. The average Bonchev–Trinajstić information content (AvgIpc) is 2.98. The number of hydrogen-bond acceptors (Lipinski definition) is 2. The van der Waals surface area contributed by atoms with Crippen molar-refractivity contribution in [2.45, 2.75) is 48.0 Å². The largest absolute Gasteiger partial charge is 0.311 e. The molecule has 1 aliphatic rings. The second-order valence-electron chi connectivity index (χ2n) is 12.4. The highest BCUT2D eigenvalue weighted by atomic mass is 15.1. The van der Waals surface area contributed by atoms with Crippen LogP contribution in [-0.4, -0.2) is 0 Å². The van der Waals surface area contributed by atoms with Crippen molar-refractivity contribution in [2.24, 2.45) is 5.92 Å². The van der Waals surface area contributed by atoms with Crippen LogP contribution in [0.15, 0.2) is 133 Å². The Balaban J connectivity index is 1.39. The van der Waals surface area contributed by atoms with E-state index >= 15 is 0 Å². The van der Waals surface area contributed by atoms with Crippen LogP contribution in [-0.2, 0) is 0 Å². The molecule has 2 nitrogen and oxygen atoms in total. The third kappa shape index (κ3) is 6.12. The van der Waals surface area contributed by atoms with Crippen LogP contribution in [0.25, 0.3) is 11.1 Å². The molecule has 6 rings (SSSR count). The van der Waals surface area contributed by atoms with Gasteiger partial charge in [-0.05, 0) is 153 Å².